The van der Waals surface area contributed by atoms with Crippen LogP contribution in [0.4, 0.5) is 0 Å². The van der Waals surface area contributed by atoms with Crippen LogP contribution in [0.5, 0.6) is 11.5 Å². The second-order valence-corrected chi connectivity index (χ2v) is 3.28. The zero-order valence-corrected chi connectivity index (χ0v) is 8.42. The molecule has 6 nitrogen and oxygen atoms in total. The first-order valence-corrected chi connectivity index (χ1v) is 4.62. The van der Waals surface area contributed by atoms with Crippen LogP contribution in [-0.4, -0.2) is 39.2 Å². The highest BCUT2D eigenvalue weighted by atomic mass is 16.4. The number of rotatable bonds is 5. The molecule has 0 heterocycles. The summed E-state index contributed by atoms with van der Waals surface area (Å²) in [6.45, 7) is -0.443. The second kappa shape index (κ2) is 5.34. The predicted octanol–water partition coefficient (Wildman–Crippen LogP) is -0.367. The number of hydrogen-bond acceptors (Lipinski definition) is 5. The van der Waals surface area contributed by atoms with Gasteiger partial charge in [-0.15, -0.1) is 0 Å². The minimum Gasteiger partial charge on any atom is -0.504 e. The minimum absolute atomic E-state index is 0.101. The van der Waals surface area contributed by atoms with E-state index in [0.29, 0.717) is 5.56 Å². The fourth-order valence-corrected chi connectivity index (χ4v) is 1.29. The Morgan fingerprint density at radius 1 is 1.31 bits per heavy atom. The zero-order valence-electron chi connectivity index (χ0n) is 8.42. The maximum Gasteiger partial charge on any atom is 0.321 e. The molecule has 0 aromatic heterocycles. The normalized spacial score (nSPS) is 12.3. The third kappa shape index (κ3) is 3.11. The molecule has 0 aliphatic carbocycles. The molecular weight excluding hydrogens is 214 g/mol. The summed E-state index contributed by atoms with van der Waals surface area (Å²) in [6.07, 6.45) is 0.101. The number of aromatic hydroxyl groups is 2. The van der Waals surface area contributed by atoms with Gasteiger partial charge in [-0.25, -0.2) is 0 Å². The lowest BCUT2D eigenvalue weighted by atomic mass is 10.1. The molecule has 1 rings (SSSR count). The van der Waals surface area contributed by atoms with Crippen molar-refractivity contribution in [3.8, 4) is 11.5 Å². The zero-order chi connectivity index (χ0) is 12.1. The van der Waals surface area contributed by atoms with Gasteiger partial charge in [-0.05, 0) is 24.1 Å². The third-order valence-electron chi connectivity index (χ3n) is 2.12. The molecule has 1 atom stereocenters. The lowest BCUT2D eigenvalue weighted by Crippen LogP contribution is -2.38. The van der Waals surface area contributed by atoms with Crippen LogP contribution in [0, 0.1) is 0 Å². The number of hydrogen-bond donors (Lipinski definition) is 5. The number of aliphatic hydroxyl groups excluding tert-OH is 1. The molecule has 0 bridgehead atoms. The minimum atomic E-state index is -1.10. The Balaban J connectivity index is 2.77. The quantitative estimate of drug-likeness (QED) is 0.347. The summed E-state index contributed by atoms with van der Waals surface area (Å²) >= 11 is 0. The smallest absolute Gasteiger partial charge is 0.321 e. The van der Waals surface area contributed by atoms with Gasteiger partial charge in [-0.1, -0.05) is 6.07 Å². The molecule has 1 aromatic carbocycles. The number of aliphatic carboxylic acids is 1. The van der Waals surface area contributed by atoms with Crippen LogP contribution in [0.1, 0.15) is 5.56 Å². The van der Waals surface area contributed by atoms with Crippen LogP contribution >= 0.6 is 0 Å². The molecule has 1 aromatic rings. The van der Waals surface area contributed by atoms with Crippen molar-refractivity contribution in [3.05, 3.63) is 23.8 Å². The van der Waals surface area contributed by atoms with Crippen molar-refractivity contribution in [1.29, 1.82) is 0 Å². The predicted molar refractivity (Wildman–Crippen MR) is 55.1 cm³/mol. The van der Waals surface area contributed by atoms with E-state index in [1.807, 2.05) is 0 Å². The molecule has 0 unspecified atom stereocenters. The number of carboxylic acid groups (broad SMARTS) is 1. The van der Waals surface area contributed by atoms with E-state index >= 15 is 0 Å². The standard InChI is InChI=1S/C10H13NO5/c12-5-11-7(10(15)16)3-6-1-2-8(13)9(14)4-6/h1-2,4,7,11-14H,3,5H2,(H,15,16)/t7-/m0/s1. The first-order valence-electron chi connectivity index (χ1n) is 4.62. The van der Waals surface area contributed by atoms with Crippen molar-refractivity contribution < 1.29 is 25.2 Å². The van der Waals surface area contributed by atoms with Crippen LogP contribution in [0.3, 0.4) is 0 Å². The Bertz CT molecular complexity index is 379. The van der Waals surface area contributed by atoms with Gasteiger partial charge in [0.1, 0.15) is 6.04 Å². The van der Waals surface area contributed by atoms with Gasteiger partial charge in [-0.3, -0.25) is 10.1 Å². The monoisotopic (exact) mass is 227 g/mol. The van der Waals surface area contributed by atoms with Crippen LogP contribution in [-0.2, 0) is 11.2 Å². The van der Waals surface area contributed by atoms with E-state index in [4.69, 9.17) is 15.3 Å². The van der Waals surface area contributed by atoms with Gasteiger partial charge in [0, 0.05) is 0 Å². The number of phenolic OH excluding ortho intramolecular Hbond substituents is 2. The highest BCUT2D eigenvalue weighted by Gasteiger charge is 2.17. The number of carboxylic acids is 1. The fourth-order valence-electron chi connectivity index (χ4n) is 1.29. The highest BCUT2D eigenvalue weighted by Crippen LogP contribution is 2.25. The van der Waals surface area contributed by atoms with E-state index in [-0.39, 0.29) is 17.9 Å². The molecule has 0 amide bonds. The number of nitrogens with one attached hydrogen (secondary N) is 1. The molecule has 5 N–H and O–H groups in total. The van der Waals surface area contributed by atoms with Crippen molar-refractivity contribution in [2.75, 3.05) is 6.73 Å². The van der Waals surface area contributed by atoms with E-state index in [1.165, 1.54) is 18.2 Å². The maximum absolute atomic E-state index is 10.8. The number of benzene rings is 1. The van der Waals surface area contributed by atoms with Gasteiger partial charge in [0.15, 0.2) is 11.5 Å². The average molecular weight is 227 g/mol. The van der Waals surface area contributed by atoms with Crippen LogP contribution in [0.25, 0.3) is 0 Å². The number of carbonyl (C=O) groups is 1. The lowest BCUT2D eigenvalue weighted by molar-refractivity contribution is -0.139. The van der Waals surface area contributed by atoms with Crippen LogP contribution in [0.15, 0.2) is 18.2 Å². The SMILES string of the molecule is O=C(O)[C@H](Cc1ccc(O)c(O)c1)NCO. The van der Waals surface area contributed by atoms with Gasteiger partial charge >= 0.3 is 5.97 Å². The molecule has 0 fully saturated rings. The van der Waals surface area contributed by atoms with Crippen molar-refractivity contribution in [1.82, 2.24) is 5.32 Å². The molecular formula is C10H13NO5. The first kappa shape index (κ1) is 12.3. The molecule has 0 saturated heterocycles. The van der Waals surface area contributed by atoms with Crippen molar-refractivity contribution >= 4 is 5.97 Å². The van der Waals surface area contributed by atoms with Gasteiger partial charge in [-0.2, -0.15) is 0 Å². The number of phenols is 2. The largest absolute Gasteiger partial charge is 0.504 e. The maximum atomic E-state index is 10.8. The van der Waals surface area contributed by atoms with Gasteiger partial charge < -0.3 is 20.4 Å². The van der Waals surface area contributed by atoms with Gasteiger partial charge in [0.2, 0.25) is 0 Å². The summed E-state index contributed by atoms with van der Waals surface area (Å²) in [4.78, 5) is 10.8. The molecule has 0 aliphatic heterocycles. The molecule has 0 aliphatic rings. The fraction of sp³-hybridized carbons (Fsp3) is 0.300. The lowest BCUT2D eigenvalue weighted by Gasteiger charge is -2.12. The van der Waals surface area contributed by atoms with Crippen molar-refractivity contribution in [2.24, 2.45) is 0 Å². The van der Waals surface area contributed by atoms with Crippen molar-refractivity contribution in [2.45, 2.75) is 12.5 Å². The van der Waals surface area contributed by atoms with Gasteiger partial charge in [0.25, 0.3) is 0 Å². The Hall–Kier alpha value is -1.79. The Labute approximate surface area is 91.8 Å². The molecule has 16 heavy (non-hydrogen) atoms. The first-order chi connectivity index (χ1) is 7.54. The topological polar surface area (TPSA) is 110 Å². The Morgan fingerprint density at radius 2 is 2.00 bits per heavy atom. The molecule has 0 radical (unpaired) electrons. The molecule has 6 heteroatoms. The van der Waals surface area contributed by atoms with Crippen LogP contribution in [0.2, 0.25) is 0 Å². The molecule has 88 valence electrons. The van der Waals surface area contributed by atoms with E-state index < -0.39 is 18.7 Å². The Kier molecular flexibility index (Phi) is 4.10. The average Bonchev–Trinajstić information content (AvgIpc) is 2.22. The summed E-state index contributed by atoms with van der Waals surface area (Å²) in [5, 5.41) is 38.1. The van der Waals surface area contributed by atoms with Crippen molar-refractivity contribution in [3.63, 3.8) is 0 Å². The summed E-state index contributed by atoms with van der Waals surface area (Å²) in [5.41, 5.74) is 0.545. The van der Waals surface area contributed by atoms with E-state index in [9.17, 15) is 9.90 Å². The Morgan fingerprint density at radius 3 is 2.50 bits per heavy atom. The third-order valence-corrected chi connectivity index (χ3v) is 2.12. The highest BCUT2D eigenvalue weighted by molar-refractivity contribution is 5.73. The van der Waals surface area contributed by atoms with Crippen LogP contribution < -0.4 is 5.32 Å². The molecule has 0 saturated carbocycles. The molecule has 0 spiro atoms. The van der Waals surface area contributed by atoms with E-state index in [0.717, 1.165) is 0 Å². The summed E-state index contributed by atoms with van der Waals surface area (Å²) in [5.74, 6) is -1.65. The summed E-state index contributed by atoms with van der Waals surface area (Å²) in [7, 11) is 0. The summed E-state index contributed by atoms with van der Waals surface area (Å²) < 4.78 is 0. The van der Waals surface area contributed by atoms with E-state index in [2.05, 4.69) is 5.32 Å². The summed E-state index contributed by atoms with van der Waals surface area (Å²) in [6, 6.07) is 3.13. The van der Waals surface area contributed by atoms with Gasteiger partial charge in [0.05, 0.1) is 6.73 Å². The van der Waals surface area contributed by atoms with E-state index in [1.54, 1.807) is 0 Å². The second-order valence-electron chi connectivity index (χ2n) is 3.28. The number of aliphatic hydroxyl groups is 1.